The summed E-state index contributed by atoms with van der Waals surface area (Å²) in [6.45, 7) is 20.7. The summed E-state index contributed by atoms with van der Waals surface area (Å²) >= 11 is 1.52. The molecule has 8 fully saturated rings. The van der Waals surface area contributed by atoms with Gasteiger partial charge < -0.3 is 29.2 Å². The number of anilines is 1. The number of pyridine rings is 1. The van der Waals surface area contributed by atoms with E-state index in [1.807, 2.05) is 0 Å². The molecule has 10 heterocycles. The predicted molar refractivity (Wildman–Crippen MR) is 305 cm³/mol. The highest BCUT2D eigenvalue weighted by atomic mass is 32.1. The summed E-state index contributed by atoms with van der Waals surface area (Å²) < 4.78 is 14.7. The van der Waals surface area contributed by atoms with Crippen LogP contribution in [0, 0.1) is 22.7 Å². The molecule has 1 aromatic carbocycles. The van der Waals surface area contributed by atoms with Crippen LogP contribution in [-0.4, -0.2) is 173 Å². The number of piperazine rings is 1. The number of morpholine rings is 1. The fourth-order valence-corrected chi connectivity index (χ4v) is 15.9. The number of likely N-dealkylation sites (tertiary alicyclic amines) is 2. The van der Waals surface area contributed by atoms with Gasteiger partial charge in [0.15, 0.2) is 0 Å². The molecule has 2 aliphatic carbocycles. The van der Waals surface area contributed by atoms with Crippen molar-refractivity contribution in [3.8, 4) is 22.5 Å². The van der Waals surface area contributed by atoms with Crippen LogP contribution in [0.15, 0.2) is 35.8 Å². The Labute approximate surface area is 469 Å². The number of amides is 3. The number of hydrazine groups is 1. The number of hydrogen-bond donors (Lipinski definition) is 3. The average molecular weight is 1100 g/mol. The maximum absolute atomic E-state index is 15.2. The molecule has 13 rings (SSSR count). The number of aryl methyl sites for hydroxylation is 1. The third-order valence-corrected chi connectivity index (χ3v) is 20.4. The van der Waals surface area contributed by atoms with Crippen LogP contribution in [0.1, 0.15) is 121 Å². The minimum atomic E-state index is -0.924. The number of cyclic esters (lactones) is 1. The lowest BCUT2D eigenvalue weighted by Gasteiger charge is -2.44. The van der Waals surface area contributed by atoms with Crippen molar-refractivity contribution in [1.82, 2.24) is 50.3 Å². The van der Waals surface area contributed by atoms with Gasteiger partial charge in [0.25, 0.3) is 5.91 Å². The van der Waals surface area contributed by atoms with Gasteiger partial charge in [-0.05, 0) is 113 Å². The molecule has 0 unspecified atom stereocenters. The Bertz CT molecular complexity index is 2980. The van der Waals surface area contributed by atoms with Gasteiger partial charge in [0.2, 0.25) is 11.8 Å². The first-order valence-corrected chi connectivity index (χ1v) is 31.1. The van der Waals surface area contributed by atoms with E-state index in [-0.39, 0.29) is 66.1 Å². The van der Waals surface area contributed by atoms with Crippen molar-refractivity contribution in [2.75, 3.05) is 83.6 Å². The summed E-state index contributed by atoms with van der Waals surface area (Å²) in [5, 5.41) is 12.4. The number of benzene rings is 1. The molecule has 6 saturated heterocycles. The SMILES string of the molecule is CCn1c(-c2cc(N3CCN4CCOC[C@@H]4C3)cnc2C(C)C)c2c3cc(ccc31)-c1csc(n1)C[C@H](NC(=O)[C@H](C1CCCC1)N1CC[C@]3(CCN(C(=O)[C@@H]4N[C@@H]4C4CC4)C3)C1)C(=O)N1CCC[C@H](N1)C(=O)OCC(C)(C)C2. The fraction of sp³-hybridized carbons (Fsp3) is 0.672. The summed E-state index contributed by atoms with van der Waals surface area (Å²) in [5.74, 6) is 0.474. The number of nitrogens with zero attached hydrogens (tertiary/aromatic N) is 8. The number of esters is 1. The van der Waals surface area contributed by atoms with E-state index >= 15 is 9.59 Å². The minimum Gasteiger partial charge on any atom is -0.464 e. The number of aromatic nitrogens is 3. The van der Waals surface area contributed by atoms with Crippen molar-refractivity contribution in [3.63, 3.8) is 0 Å². The van der Waals surface area contributed by atoms with Gasteiger partial charge in [-0.2, -0.15) is 0 Å². The summed E-state index contributed by atoms with van der Waals surface area (Å²) in [5.41, 5.74) is 11.3. The highest BCUT2D eigenvalue weighted by molar-refractivity contribution is 7.10. The van der Waals surface area contributed by atoms with Crippen molar-refractivity contribution in [3.05, 3.63) is 52.1 Å². The maximum Gasteiger partial charge on any atom is 0.324 e. The van der Waals surface area contributed by atoms with Crippen molar-refractivity contribution in [2.45, 2.75) is 160 Å². The Morgan fingerprint density at radius 1 is 0.962 bits per heavy atom. The summed E-state index contributed by atoms with van der Waals surface area (Å²) in [4.78, 5) is 78.3. The topological polar surface area (TPSA) is 180 Å². The molecule has 7 atom stereocenters. The van der Waals surface area contributed by atoms with E-state index in [9.17, 15) is 9.59 Å². The Balaban J connectivity index is 0.822. The summed E-state index contributed by atoms with van der Waals surface area (Å²) in [6, 6.07) is 7.71. The van der Waals surface area contributed by atoms with Crippen LogP contribution < -0.4 is 21.0 Å². The molecule has 0 radical (unpaired) electrons. The number of hydrogen-bond acceptors (Lipinski definition) is 14. The average Bonchev–Trinajstić information content (AvgIpc) is 4.28. The van der Waals surface area contributed by atoms with Gasteiger partial charge in [-0.3, -0.25) is 44.3 Å². The Morgan fingerprint density at radius 2 is 1.80 bits per heavy atom. The van der Waals surface area contributed by atoms with Crippen molar-refractivity contribution in [1.29, 1.82) is 0 Å². The molecule has 6 bridgehead atoms. The number of carbonyl (C=O) groups is 4. The maximum atomic E-state index is 15.2. The molecular formula is C61H83N11O6S. The summed E-state index contributed by atoms with van der Waals surface area (Å²) in [7, 11) is 0. The second-order valence-corrected chi connectivity index (χ2v) is 27.1. The molecule has 424 valence electrons. The molecular weight excluding hydrogens is 1010 g/mol. The Hall–Kier alpha value is -4.98. The normalized spacial score (nSPS) is 29.3. The number of nitrogens with one attached hydrogen (secondary N) is 3. The van der Waals surface area contributed by atoms with Crippen molar-refractivity contribution >= 4 is 51.6 Å². The van der Waals surface area contributed by atoms with Gasteiger partial charge in [0, 0.05) is 110 Å². The third-order valence-electron chi connectivity index (χ3n) is 19.6. The van der Waals surface area contributed by atoms with Crippen LogP contribution in [0.25, 0.3) is 33.4 Å². The molecule has 1 spiro atoms. The molecule has 3 aromatic heterocycles. The highest BCUT2D eigenvalue weighted by Gasteiger charge is 2.55. The number of rotatable bonds is 10. The second-order valence-electron chi connectivity index (χ2n) is 26.2. The first-order chi connectivity index (χ1) is 38.2. The molecule has 7 aliphatic heterocycles. The molecule has 3 amide bonds. The molecule has 3 N–H and O–H groups in total. The van der Waals surface area contributed by atoms with E-state index in [4.69, 9.17) is 19.4 Å². The van der Waals surface area contributed by atoms with Crippen LogP contribution in [0.2, 0.25) is 0 Å². The largest absolute Gasteiger partial charge is 0.464 e. The molecule has 18 heteroatoms. The van der Waals surface area contributed by atoms with Crippen LogP contribution in [0.4, 0.5) is 5.69 Å². The Kier molecular flexibility index (Phi) is 14.5. The van der Waals surface area contributed by atoms with Gasteiger partial charge in [0.1, 0.15) is 18.1 Å². The number of thiazole rings is 1. The van der Waals surface area contributed by atoms with E-state index in [1.165, 1.54) is 29.7 Å². The number of carbonyl (C=O) groups excluding carboxylic acids is 4. The monoisotopic (exact) mass is 1100 g/mol. The van der Waals surface area contributed by atoms with Gasteiger partial charge in [-0.1, -0.05) is 46.6 Å². The van der Waals surface area contributed by atoms with Crippen molar-refractivity contribution < 1.29 is 28.7 Å². The molecule has 9 aliphatic rings. The molecule has 17 nitrogen and oxygen atoms in total. The van der Waals surface area contributed by atoms with Crippen LogP contribution in [-0.2, 0) is 48.0 Å². The van der Waals surface area contributed by atoms with Crippen LogP contribution in [0.5, 0.6) is 0 Å². The second kappa shape index (κ2) is 21.4. The van der Waals surface area contributed by atoms with E-state index in [0.717, 1.165) is 160 Å². The predicted octanol–water partition coefficient (Wildman–Crippen LogP) is 6.37. The van der Waals surface area contributed by atoms with E-state index < -0.39 is 17.5 Å². The Morgan fingerprint density at radius 3 is 2.61 bits per heavy atom. The van der Waals surface area contributed by atoms with E-state index in [2.05, 4.69) is 111 Å². The van der Waals surface area contributed by atoms with Gasteiger partial charge >= 0.3 is 5.97 Å². The molecule has 79 heavy (non-hydrogen) atoms. The zero-order valence-electron chi connectivity index (χ0n) is 47.3. The summed E-state index contributed by atoms with van der Waals surface area (Å²) in [6.07, 6.45) is 12.5. The lowest BCUT2D eigenvalue weighted by Crippen LogP contribution is -2.62. The first-order valence-electron chi connectivity index (χ1n) is 30.2. The smallest absolute Gasteiger partial charge is 0.324 e. The first kappa shape index (κ1) is 53.3. The molecule has 4 aromatic rings. The quantitative estimate of drug-likeness (QED) is 0.118. The fourth-order valence-electron chi connectivity index (χ4n) is 15.1. The highest BCUT2D eigenvalue weighted by Crippen LogP contribution is 2.46. The van der Waals surface area contributed by atoms with Crippen LogP contribution in [0.3, 0.4) is 0 Å². The van der Waals surface area contributed by atoms with Crippen LogP contribution >= 0.6 is 11.3 Å². The van der Waals surface area contributed by atoms with Gasteiger partial charge in [-0.25, -0.2) is 10.4 Å². The minimum absolute atomic E-state index is 0.0257. The zero-order valence-corrected chi connectivity index (χ0v) is 48.1. The van der Waals surface area contributed by atoms with Gasteiger partial charge in [-0.15, -0.1) is 11.3 Å². The standard InChI is InChI=1S/C61H83N11O6S/c1-6-71-49-16-15-40-26-43(49)45(55(71)44-27-41(30-62-51(44)37(2)3)68-23-22-67-24-25-77-32-42(67)31-68)29-60(4,5)36-78-59(76)46-12-9-19-72(66-46)57(74)47(28-50-63-48(40)33-79-50)64-56(73)54(39-10-7-8-11-39)69-20-17-61(34-69)18-21-70(35-61)58(75)53-52(65-53)38-13-14-38/h15-16,26-27,30,33,37-39,42,46-47,52-54,65-66H,6-14,17-25,28-29,31-32,34-36H2,1-5H3,(H,64,73)/t42-,46-,47-,52+,53+,54-,61-/m0/s1. The third kappa shape index (κ3) is 10.5. The van der Waals surface area contributed by atoms with E-state index in [0.29, 0.717) is 43.8 Å². The number of fused-ring (bicyclic) bond motifs is 7. The number of ether oxygens (including phenoxy) is 2. The molecule has 2 saturated carbocycles. The van der Waals surface area contributed by atoms with Gasteiger partial charge in [0.05, 0.1) is 65.9 Å². The lowest BCUT2D eigenvalue weighted by molar-refractivity contribution is -0.155. The van der Waals surface area contributed by atoms with Crippen molar-refractivity contribution in [2.24, 2.45) is 22.7 Å². The lowest BCUT2D eigenvalue weighted by atomic mass is 9.84. The zero-order chi connectivity index (χ0) is 54.3. The van der Waals surface area contributed by atoms with E-state index in [1.54, 1.807) is 5.01 Å².